The zero-order chi connectivity index (χ0) is 17.6. The summed E-state index contributed by atoms with van der Waals surface area (Å²) >= 11 is 0. The fourth-order valence-corrected chi connectivity index (χ4v) is 4.47. The van der Waals surface area contributed by atoms with Crippen molar-refractivity contribution in [2.24, 2.45) is 11.8 Å². The Morgan fingerprint density at radius 2 is 1.80 bits per heavy atom. The molecule has 25 heavy (non-hydrogen) atoms. The average molecular weight is 336 g/mol. The molecule has 1 aliphatic carbocycles. The third-order valence-electron chi connectivity index (χ3n) is 5.51. The first-order chi connectivity index (χ1) is 12.1. The van der Waals surface area contributed by atoms with Gasteiger partial charge in [0.25, 0.3) is 0 Å². The second-order valence-electron chi connectivity index (χ2n) is 6.65. The molecule has 4 heteroatoms. The summed E-state index contributed by atoms with van der Waals surface area (Å²) in [6.45, 7) is 4.05. The van der Waals surface area contributed by atoms with Crippen LogP contribution in [0.4, 0.5) is 0 Å². The van der Waals surface area contributed by atoms with Gasteiger partial charge in [-0.3, -0.25) is 9.59 Å². The molecule has 2 heterocycles. The van der Waals surface area contributed by atoms with Gasteiger partial charge >= 0.3 is 11.9 Å². The van der Waals surface area contributed by atoms with Gasteiger partial charge in [-0.25, -0.2) is 0 Å². The van der Waals surface area contributed by atoms with Gasteiger partial charge < -0.3 is 9.47 Å². The molecule has 0 saturated carbocycles. The highest BCUT2D eigenvalue weighted by Gasteiger charge is 2.63. The Labute approximate surface area is 146 Å². The van der Waals surface area contributed by atoms with Gasteiger partial charge in [0.15, 0.2) is 5.60 Å². The van der Waals surface area contributed by atoms with E-state index in [1.807, 2.05) is 61.5 Å². The Morgan fingerprint density at radius 1 is 1.12 bits per heavy atom. The summed E-state index contributed by atoms with van der Waals surface area (Å²) in [5, 5.41) is 0. The number of rotatable bonds is 3. The van der Waals surface area contributed by atoms with Crippen LogP contribution in [-0.4, -0.2) is 18.5 Å². The summed E-state index contributed by atoms with van der Waals surface area (Å²) in [6, 6.07) is 17.5. The van der Waals surface area contributed by atoms with Crippen molar-refractivity contribution in [1.29, 1.82) is 0 Å². The van der Waals surface area contributed by atoms with E-state index in [-0.39, 0.29) is 17.9 Å². The molecule has 2 aromatic rings. The second-order valence-corrected chi connectivity index (χ2v) is 6.65. The lowest BCUT2D eigenvalue weighted by atomic mass is 9.57. The first kappa shape index (κ1) is 15.9. The highest BCUT2D eigenvalue weighted by Crippen LogP contribution is 2.58. The minimum atomic E-state index is -0.957. The number of fused-ring (bicyclic) bond motifs is 2. The van der Waals surface area contributed by atoms with Crippen LogP contribution in [-0.2, 0) is 24.7 Å². The van der Waals surface area contributed by atoms with E-state index in [2.05, 4.69) is 0 Å². The summed E-state index contributed by atoms with van der Waals surface area (Å²) in [5.74, 6) is -2.04. The van der Waals surface area contributed by atoms with E-state index < -0.39 is 17.4 Å². The molecule has 0 unspecified atom stereocenters. The molecule has 2 bridgehead atoms. The summed E-state index contributed by atoms with van der Waals surface area (Å²) in [4.78, 5) is 25.5. The molecule has 128 valence electrons. The van der Waals surface area contributed by atoms with Crippen LogP contribution in [0.1, 0.15) is 36.5 Å². The number of hydrogen-bond donors (Lipinski definition) is 0. The minimum absolute atomic E-state index is 0.216. The number of esters is 2. The van der Waals surface area contributed by atoms with Crippen LogP contribution in [0.2, 0.25) is 0 Å². The Kier molecular flexibility index (Phi) is 3.64. The maximum Gasteiger partial charge on any atom is 0.315 e. The lowest BCUT2D eigenvalue weighted by Crippen LogP contribution is -2.58. The summed E-state index contributed by atoms with van der Waals surface area (Å²) in [7, 11) is 0. The standard InChI is InChI=1S/C21H20O4/c1-3-24-19(22)17-13(2)21(14-9-5-4-6-10-14)16-12-8-7-11-15(16)18(17)20(23)25-21/h4-13,17-18H,3H2,1-2H3/t13-,17-,18-,21+/m1/s1. The van der Waals surface area contributed by atoms with Gasteiger partial charge in [0, 0.05) is 17.0 Å². The molecule has 4 nitrogen and oxygen atoms in total. The van der Waals surface area contributed by atoms with Gasteiger partial charge in [-0.05, 0) is 12.5 Å². The first-order valence-corrected chi connectivity index (χ1v) is 8.65. The predicted octanol–water partition coefficient (Wildman–Crippen LogP) is 3.40. The van der Waals surface area contributed by atoms with Crippen LogP contribution >= 0.6 is 0 Å². The monoisotopic (exact) mass is 336 g/mol. The van der Waals surface area contributed by atoms with E-state index in [9.17, 15) is 9.59 Å². The molecule has 1 fully saturated rings. The van der Waals surface area contributed by atoms with Crippen LogP contribution < -0.4 is 0 Å². The van der Waals surface area contributed by atoms with Crippen molar-refractivity contribution in [3.63, 3.8) is 0 Å². The van der Waals surface area contributed by atoms with E-state index in [0.29, 0.717) is 6.61 Å². The number of carbonyl (C=O) groups excluding carboxylic acids is 2. The largest absolute Gasteiger partial charge is 0.466 e. The second kappa shape index (κ2) is 5.73. The number of carbonyl (C=O) groups is 2. The molecular weight excluding hydrogens is 316 g/mol. The summed E-state index contributed by atoms with van der Waals surface area (Å²) in [5.41, 5.74) is 1.77. The van der Waals surface area contributed by atoms with Crippen molar-refractivity contribution < 1.29 is 19.1 Å². The Bertz CT molecular complexity index is 829. The van der Waals surface area contributed by atoms with Crippen LogP contribution in [0.3, 0.4) is 0 Å². The van der Waals surface area contributed by atoms with Crippen molar-refractivity contribution in [2.45, 2.75) is 25.4 Å². The van der Waals surface area contributed by atoms with E-state index >= 15 is 0 Å². The zero-order valence-corrected chi connectivity index (χ0v) is 14.3. The molecule has 2 aromatic carbocycles. The molecule has 0 N–H and O–H groups in total. The zero-order valence-electron chi connectivity index (χ0n) is 14.3. The number of ether oxygens (including phenoxy) is 2. The smallest absolute Gasteiger partial charge is 0.315 e. The molecule has 0 amide bonds. The van der Waals surface area contributed by atoms with Crippen LogP contribution in [0.5, 0.6) is 0 Å². The van der Waals surface area contributed by atoms with Gasteiger partial charge in [0.05, 0.1) is 18.4 Å². The quantitative estimate of drug-likeness (QED) is 0.806. The van der Waals surface area contributed by atoms with Crippen molar-refractivity contribution >= 4 is 11.9 Å². The lowest BCUT2D eigenvalue weighted by Gasteiger charge is -2.53. The lowest BCUT2D eigenvalue weighted by molar-refractivity contribution is -0.194. The van der Waals surface area contributed by atoms with Gasteiger partial charge in [0.1, 0.15) is 0 Å². The van der Waals surface area contributed by atoms with Crippen LogP contribution in [0.25, 0.3) is 0 Å². The topological polar surface area (TPSA) is 52.6 Å². The first-order valence-electron chi connectivity index (χ1n) is 8.65. The molecule has 3 aliphatic rings. The Hall–Kier alpha value is -2.62. The Morgan fingerprint density at radius 3 is 2.52 bits per heavy atom. The van der Waals surface area contributed by atoms with Crippen molar-refractivity contribution in [3.05, 3.63) is 71.3 Å². The summed E-state index contributed by atoms with van der Waals surface area (Å²) < 4.78 is 11.3. The highest BCUT2D eigenvalue weighted by molar-refractivity contribution is 5.91. The van der Waals surface area contributed by atoms with Crippen LogP contribution in [0.15, 0.2) is 54.6 Å². The SMILES string of the molecule is CCOC(=O)[C@H]1[C@@H]2C(=O)O[C@@](c3ccccc3)(c3ccccc32)[C@@H]1C. The normalized spacial score (nSPS) is 29.7. The molecule has 2 aliphatic heterocycles. The predicted molar refractivity (Wildman–Crippen MR) is 91.8 cm³/mol. The molecule has 1 saturated heterocycles. The van der Waals surface area contributed by atoms with E-state index in [1.54, 1.807) is 6.92 Å². The minimum Gasteiger partial charge on any atom is -0.466 e. The van der Waals surface area contributed by atoms with Crippen molar-refractivity contribution in [2.75, 3.05) is 6.61 Å². The fourth-order valence-electron chi connectivity index (χ4n) is 4.47. The molecule has 5 rings (SSSR count). The number of hydrogen-bond acceptors (Lipinski definition) is 4. The van der Waals surface area contributed by atoms with Crippen molar-refractivity contribution in [1.82, 2.24) is 0 Å². The fraction of sp³-hybridized carbons (Fsp3) is 0.333. The Balaban J connectivity index is 1.98. The maximum atomic E-state index is 12.8. The molecule has 0 radical (unpaired) electrons. The molecular formula is C21H20O4. The molecule has 4 atom stereocenters. The molecule has 0 spiro atoms. The van der Waals surface area contributed by atoms with Crippen molar-refractivity contribution in [3.8, 4) is 0 Å². The van der Waals surface area contributed by atoms with E-state index in [0.717, 1.165) is 16.7 Å². The van der Waals surface area contributed by atoms with E-state index in [1.165, 1.54) is 0 Å². The third kappa shape index (κ3) is 2.06. The molecule has 0 aromatic heterocycles. The third-order valence-corrected chi connectivity index (χ3v) is 5.51. The van der Waals surface area contributed by atoms with Crippen LogP contribution in [0, 0.1) is 11.8 Å². The average Bonchev–Trinajstić information content (AvgIpc) is 2.64. The highest BCUT2D eigenvalue weighted by atomic mass is 16.6. The van der Waals surface area contributed by atoms with Gasteiger partial charge in [0.2, 0.25) is 0 Å². The number of benzene rings is 2. The van der Waals surface area contributed by atoms with Gasteiger partial charge in [-0.15, -0.1) is 0 Å². The van der Waals surface area contributed by atoms with E-state index in [4.69, 9.17) is 9.47 Å². The van der Waals surface area contributed by atoms with Gasteiger partial charge in [-0.1, -0.05) is 61.5 Å². The maximum absolute atomic E-state index is 12.8. The van der Waals surface area contributed by atoms with Gasteiger partial charge in [-0.2, -0.15) is 0 Å². The summed E-state index contributed by atoms with van der Waals surface area (Å²) in [6.07, 6.45) is 0.